The summed E-state index contributed by atoms with van der Waals surface area (Å²) in [7, 11) is 0. The Morgan fingerprint density at radius 3 is 2.90 bits per heavy atom. The highest BCUT2D eigenvalue weighted by molar-refractivity contribution is 5.85. The number of ether oxygens (including phenoxy) is 1. The van der Waals surface area contributed by atoms with Crippen molar-refractivity contribution < 1.29 is 14.5 Å². The van der Waals surface area contributed by atoms with Crippen LogP contribution in [0.15, 0.2) is 30.6 Å². The third-order valence-electron chi connectivity index (χ3n) is 2.95. The first-order chi connectivity index (χ1) is 10.0. The van der Waals surface area contributed by atoms with E-state index in [2.05, 4.69) is 4.98 Å². The van der Waals surface area contributed by atoms with Crippen LogP contribution in [0.2, 0.25) is 0 Å². The van der Waals surface area contributed by atoms with Crippen molar-refractivity contribution >= 4 is 11.7 Å². The number of carbonyl (C=O) groups is 1. The van der Waals surface area contributed by atoms with Gasteiger partial charge in [0, 0.05) is 24.0 Å². The Morgan fingerprint density at radius 1 is 1.48 bits per heavy atom. The van der Waals surface area contributed by atoms with Gasteiger partial charge in [0.05, 0.1) is 18.1 Å². The van der Waals surface area contributed by atoms with Gasteiger partial charge in [-0.1, -0.05) is 11.6 Å². The predicted octanol–water partition coefficient (Wildman–Crippen LogP) is 2.32. The number of nitrogens with zero attached hydrogens (tertiary/aromatic N) is 3. The minimum Gasteiger partial charge on any atom is -0.460 e. The van der Waals surface area contributed by atoms with Gasteiger partial charge in [0.15, 0.2) is 0 Å². The summed E-state index contributed by atoms with van der Waals surface area (Å²) in [6.45, 7) is 3.99. The molecule has 0 aliphatic rings. The standard InChI is InChI=1S/C14H15N3O4/c1-3-21-14(18)13-15-6-7-16(13)9-11-8-10(2)4-5-12(11)17(19)20/h4-8H,3,9H2,1-2H3. The summed E-state index contributed by atoms with van der Waals surface area (Å²) in [4.78, 5) is 26.3. The van der Waals surface area contributed by atoms with Crippen molar-refractivity contribution in [3.05, 3.63) is 57.7 Å². The van der Waals surface area contributed by atoms with Crippen LogP contribution in [0.5, 0.6) is 0 Å². The van der Waals surface area contributed by atoms with Crippen LogP contribution in [0.25, 0.3) is 0 Å². The fraction of sp³-hybridized carbons (Fsp3) is 0.286. The number of nitro groups is 1. The van der Waals surface area contributed by atoms with Gasteiger partial charge in [0.25, 0.3) is 5.69 Å². The zero-order valence-corrected chi connectivity index (χ0v) is 11.8. The van der Waals surface area contributed by atoms with E-state index in [0.717, 1.165) is 5.56 Å². The van der Waals surface area contributed by atoms with Gasteiger partial charge >= 0.3 is 5.97 Å². The van der Waals surface area contributed by atoms with Gasteiger partial charge in [0.2, 0.25) is 5.82 Å². The van der Waals surface area contributed by atoms with Crippen LogP contribution in [0.4, 0.5) is 5.69 Å². The number of hydrogen-bond donors (Lipinski definition) is 0. The largest absolute Gasteiger partial charge is 0.460 e. The summed E-state index contributed by atoms with van der Waals surface area (Å²) in [6.07, 6.45) is 3.06. The van der Waals surface area contributed by atoms with Crippen LogP contribution in [0, 0.1) is 17.0 Å². The summed E-state index contributed by atoms with van der Waals surface area (Å²) < 4.78 is 6.45. The second-order valence-electron chi connectivity index (χ2n) is 4.49. The SMILES string of the molecule is CCOC(=O)c1nccn1Cc1cc(C)ccc1[N+](=O)[O-]. The monoisotopic (exact) mass is 289 g/mol. The molecule has 2 aromatic rings. The van der Waals surface area contributed by atoms with Gasteiger partial charge in [-0.2, -0.15) is 0 Å². The molecule has 2 rings (SSSR count). The number of rotatable bonds is 5. The van der Waals surface area contributed by atoms with Crippen LogP contribution in [-0.2, 0) is 11.3 Å². The average molecular weight is 289 g/mol. The van der Waals surface area contributed by atoms with Crippen LogP contribution in [-0.4, -0.2) is 27.1 Å². The summed E-state index contributed by atoms with van der Waals surface area (Å²) in [5, 5.41) is 11.1. The average Bonchev–Trinajstić information content (AvgIpc) is 2.87. The van der Waals surface area contributed by atoms with Gasteiger partial charge in [-0.05, 0) is 19.9 Å². The zero-order valence-electron chi connectivity index (χ0n) is 11.8. The number of benzene rings is 1. The molecular formula is C14H15N3O4. The lowest BCUT2D eigenvalue weighted by Gasteiger charge is -2.08. The molecule has 1 heterocycles. The molecule has 7 nitrogen and oxygen atoms in total. The van der Waals surface area contributed by atoms with E-state index in [4.69, 9.17) is 4.74 Å². The maximum atomic E-state index is 11.8. The minimum absolute atomic E-state index is 0.0177. The summed E-state index contributed by atoms with van der Waals surface area (Å²) in [6, 6.07) is 4.88. The van der Waals surface area contributed by atoms with E-state index in [1.54, 1.807) is 29.8 Å². The molecule has 0 unspecified atom stereocenters. The predicted molar refractivity (Wildman–Crippen MR) is 75.1 cm³/mol. The highest BCUT2D eigenvalue weighted by atomic mass is 16.6. The molecule has 110 valence electrons. The van der Waals surface area contributed by atoms with Crippen molar-refractivity contribution in [1.29, 1.82) is 0 Å². The van der Waals surface area contributed by atoms with Gasteiger partial charge in [-0.15, -0.1) is 0 Å². The number of aryl methyl sites for hydroxylation is 1. The Kier molecular flexibility index (Phi) is 4.32. The molecule has 0 aliphatic heterocycles. The Hall–Kier alpha value is -2.70. The van der Waals surface area contributed by atoms with E-state index in [0.29, 0.717) is 5.56 Å². The molecule has 21 heavy (non-hydrogen) atoms. The van der Waals surface area contributed by atoms with E-state index < -0.39 is 10.9 Å². The maximum absolute atomic E-state index is 11.8. The first-order valence-electron chi connectivity index (χ1n) is 6.45. The summed E-state index contributed by atoms with van der Waals surface area (Å²) >= 11 is 0. The third-order valence-corrected chi connectivity index (χ3v) is 2.95. The second kappa shape index (κ2) is 6.17. The first-order valence-corrected chi connectivity index (χ1v) is 6.45. The van der Waals surface area contributed by atoms with Crippen molar-refractivity contribution in [2.75, 3.05) is 6.61 Å². The van der Waals surface area contributed by atoms with E-state index in [1.165, 1.54) is 12.3 Å². The van der Waals surface area contributed by atoms with Crippen molar-refractivity contribution in [3.8, 4) is 0 Å². The van der Waals surface area contributed by atoms with Gasteiger partial charge in [-0.3, -0.25) is 10.1 Å². The Morgan fingerprint density at radius 2 is 2.24 bits per heavy atom. The van der Waals surface area contributed by atoms with Crippen molar-refractivity contribution in [3.63, 3.8) is 0 Å². The number of imidazole rings is 1. The quantitative estimate of drug-likeness (QED) is 0.479. The van der Waals surface area contributed by atoms with Crippen LogP contribution < -0.4 is 0 Å². The molecule has 0 aliphatic carbocycles. The lowest BCUT2D eigenvalue weighted by molar-refractivity contribution is -0.385. The van der Waals surface area contributed by atoms with E-state index in [9.17, 15) is 14.9 Å². The highest BCUT2D eigenvalue weighted by Crippen LogP contribution is 2.21. The molecule has 0 fully saturated rings. The van der Waals surface area contributed by atoms with Crippen molar-refractivity contribution in [2.45, 2.75) is 20.4 Å². The highest BCUT2D eigenvalue weighted by Gasteiger charge is 2.18. The molecule has 0 spiro atoms. The maximum Gasteiger partial charge on any atom is 0.374 e. The topological polar surface area (TPSA) is 87.3 Å². The van der Waals surface area contributed by atoms with Crippen LogP contribution in [0.3, 0.4) is 0 Å². The first kappa shape index (κ1) is 14.7. The zero-order chi connectivity index (χ0) is 15.4. The molecule has 0 saturated carbocycles. The minimum atomic E-state index is -0.544. The molecular weight excluding hydrogens is 274 g/mol. The number of nitro benzene ring substituents is 1. The molecule has 0 N–H and O–H groups in total. The molecule has 1 aromatic carbocycles. The van der Waals surface area contributed by atoms with Crippen LogP contribution in [0.1, 0.15) is 28.7 Å². The van der Waals surface area contributed by atoms with E-state index >= 15 is 0 Å². The molecule has 0 saturated heterocycles. The van der Waals surface area contributed by atoms with Crippen molar-refractivity contribution in [1.82, 2.24) is 9.55 Å². The second-order valence-corrected chi connectivity index (χ2v) is 4.49. The lowest BCUT2D eigenvalue weighted by atomic mass is 10.1. The number of carbonyl (C=O) groups excluding carboxylic acids is 1. The number of aromatic nitrogens is 2. The lowest BCUT2D eigenvalue weighted by Crippen LogP contribution is -2.14. The van der Waals surface area contributed by atoms with E-state index in [-0.39, 0.29) is 24.7 Å². The van der Waals surface area contributed by atoms with Gasteiger partial charge < -0.3 is 9.30 Å². The fourth-order valence-corrected chi connectivity index (χ4v) is 2.02. The van der Waals surface area contributed by atoms with Crippen molar-refractivity contribution in [2.24, 2.45) is 0 Å². The Labute approximate surface area is 121 Å². The molecule has 7 heteroatoms. The van der Waals surface area contributed by atoms with Gasteiger partial charge in [-0.25, -0.2) is 9.78 Å². The molecule has 0 atom stereocenters. The third kappa shape index (κ3) is 3.25. The van der Waals surface area contributed by atoms with Gasteiger partial charge in [0.1, 0.15) is 0 Å². The van der Waals surface area contributed by atoms with Crippen LogP contribution >= 0.6 is 0 Å². The molecule has 0 radical (unpaired) electrons. The Balaban J connectivity index is 2.35. The summed E-state index contributed by atoms with van der Waals surface area (Å²) in [5.74, 6) is -0.412. The number of esters is 1. The molecule has 0 amide bonds. The number of hydrogen-bond acceptors (Lipinski definition) is 5. The Bertz CT molecular complexity index is 679. The molecule has 0 bridgehead atoms. The van der Waals surface area contributed by atoms with E-state index in [1.807, 2.05) is 6.92 Å². The molecule has 1 aromatic heterocycles. The normalized spacial score (nSPS) is 10.4. The fourth-order valence-electron chi connectivity index (χ4n) is 2.02. The summed E-state index contributed by atoms with van der Waals surface area (Å²) in [5.41, 5.74) is 1.45. The smallest absolute Gasteiger partial charge is 0.374 e.